The Hall–Kier alpha value is -2.63. The monoisotopic (exact) mass is 304 g/mol. The van der Waals surface area contributed by atoms with Crippen LogP contribution in [0.3, 0.4) is 0 Å². The third-order valence-electron chi connectivity index (χ3n) is 3.14. The van der Waals surface area contributed by atoms with Gasteiger partial charge in [0.05, 0.1) is 6.54 Å². The molecule has 0 spiro atoms. The molecule has 22 heavy (non-hydrogen) atoms. The summed E-state index contributed by atoms with van der Waals surface area (Å²) in [6.45, 7) is 0.655. The predicted octanol–water partition coefficient (Wildman–Crippen LogP) is 1.52. The van der Waals surface area contributed by atoms with E-state index in [0.29, 0.717) is 12.3 Å². The molecule has 0 radical (unpaired) electrons. The summed E-state index contributed by atoms with van der Waals surface area (Å²) in [5.41, 5.74) is -0.216. The summed E-state index contributed by atoms with van der Waals surface area (Å²) in [6, 6.07) is 10.4. The number of amides is 1. The molecule has 0 unspecified atom stereocenters. The second kappa shape index (κ2) is 7.40. The fourth-order valence-electron chi connectivity index (χ4n) is 1.81. The van der Waals surface area contributed by atoms with Gasteiger partial charge in [0.15, 0.2) is 0 Å². The van der Waals surface area contributed by atoms with E-state index in [1.54, 1.807) is 25.4 Å². The van der Waals surface area contributed by atoms with Crippen LogP contribution in [0.25, 0.3) is 0 Å². The summed E-state index contributed by atoms with van der Waals surface area (Å²) in [6.07, 6.45) is 1.57. The van der Waals surface area contributed by atoms with Crippen molar-refractivity contribution in [1.29, 1.82) is 0 Å². The number of aromatic nitrogens is 1. The van der Waals surface area contributed by atoms with Crippen molar-refractivity contribution in [2.24, 2.45) is 0 Å². The van der Waals surface area contributed by atoms with Gasteiger partial charge in [0.2, 0.25) is 5.91 Å². The standard InChI is InChI=1S/C16H17FN2O3/c1-18(10-11-22-14-7-5-13(17)6-8-14)16(21)12-19-9-3-2-4-15(19)20/h2-9H,10-12H2,1H3. The Kier molecular flexibility index (Phi) is 5.30. The lowest BCUT2D eigenvalue weighted by molar-refractivity contribution is -0.130. The van der Waals surface area contributed by atoms with Crippen molar-refractivity contribution in [2.45, 2.75) is 6.54 Å². The average molecular weight is 304 g/mol. The van der Waals surface area contributed by atoms with Gasteiger partial charge in [-0.15, -0.1) is 0 Å². The maximum absolute atomic E-state index is 12.7. The molecule has 6 heteroatoms. The SMILES string of the molecule is CN(CCOc1ccc(F)cc1)C(=O)Cn1ccccc1=O. The molecule has 0 atom stereocenters. The molecule has 0 saturated carbocycles. The van der Waals surface area contributed by atoms with Gasteiger partial charge in [-0.1, -0.05) is 6.07 Å². The number of ether oxygens (including phenoxy) is 1. The summed E-state index contributed by atoms with van der Waals surface area (Å²) in [5.74, 6) is 0.0329. The molecule has 2 aromatic rings. The van der Waals surface area contributed by atoms with Crippen LogP contribution in [0.5, 0.6) is 5.75 Å². The van der Waals surface area contributed by atoms with E-state index in [9.17, 15) is 14.0 Å². The second-order valence-electron chi connectivity index (χ2n) is 4.78. The van der Waals surface area contributed by atoms with Crippen LogP contribution in [-0.2, 0) is 11.3 Å². The van der Waals surface area contributed by atoms with Gasteiger partial charge in [-0.25, -0.2) is 4.39 Å². The van der Waals surface area contributed by atoms with Gasteiger partial charge in [0.25, 0.3) is 5.56 Å². The summed E-state index contributed by atoms with van der Waals surface area (Å²) >= 11 is 0. The van der Waals surface area contributed by atoms with Crippen molar-refractivity contribution in [1.82, 2.24) is 9.47 Å². The first-order valence-corrected chi connectivity index (χ1v) is 6.84. The molecule has 0 saturated heterocycles. The van der Waals surface area contributed by atoms with Crippen molar-refractivity contribution in [3.63, 3.8) is 0 Å². The second-order valence-corrected chi connectivity index (χ2v) is 4.78. The number of pyridine rings is 1. The van der Waals surface area contributed by atoms with Crippen LogP contribution < -0.4 is 10.3 Å². The van der Waals surface area contributed by atoms with Gasteiger partial charge in [-0.2, -0.15) is 0 Å². The smallest absolute Gasteiger partial charge is 0.250 e. The number of halogens is 1. The Bertz CT molecular complexity index is 682. The zero-order valence-electron chi connectivity index (χ0n) is 12.2. The minimum atomic E-state index is -0.326. The van der Waals surface area contributed by atoms with Gasteiger partial charge in [-0.3, -0.25) is 9.59 Å². The third kappa shape index (κ3) is 4.44. The van der Waals surface area contributed by atoms with Crippen LogP contribution >= 0.6 is 0 Å². The Morgan fingerprint density at radius 3 is 2.64 bits per heavy atom. The molecule has 0 N–H and O–H groups in total. The van der Waals surface area contributed by atoms with E-state index >= 15 is 0 Å². The molecular formula is C16H17FN2O3. The van der Waals surface area contributed by atoms with Crippen molar-refractivity contribution in [3.8, 4) is 5.75 Å². The van der Waals surface area contributed by atoms with Crippen molar-refractivity contribution >= 4 is 5.91 Å². The molecule has 0 aliphatic heterocycles. The van der Waals surface area contributed by atoms with E-state index in [4.69, 9.17) is 4.74 Å². The lowest BCUT2D eigenvalue weighted by Crippen LogP contribution is -2.35. The molecule has 1 aromatic carbocycles. The van der Waals surface area contributed by atoms with Crippen molar-refractivity contribution in [2.75, 3.05) is 20.2 Å². The molecule has 5 nitrogen and oxygen atoms in total. The number of rotatable bonds is 6. The minimum Gasteiger partial charge on any atom is -0.492 e. The fraction of sp³-hybridized carbons (Fsp3) is 0.250. The van der Waals surface area contributed by atoms with Gasteiger partial charge < -0.3 is 14.2 Å². The third-order valence-corrected chi connectivity index (χ3v) is 3.14. The highest BCUT2D eigenvalue weighted by molar-refractivity contribution is 5.75. The molecule has 0 aliphatic rings. The maximum Gasteiger partial charge on any atom is 0.250 e. The fourth-order valence-corrected chi connectivity index (χ4v) is 1.81. The van der Waals surface area contributed by atoms with E-state index in [1.807, 2.05) is 0 Å². The quantitative estimate of drug-likeness (QED) is 0.813. The Morgan fingerprint density at radius 1 is 1.23 bits per heavy atom. The van der Waals surface area contributed by atoms with Gasteiger partial charge in [0.1, 0.15) is 24.7 Å². The number of likely N-dealkylation sites (N-methyl/N-ethyl adjacent to an activating group) is 1. The molecule has 1 heterocycles. The molecular weight excluding hydrogens is 287 g/mol. The number of nitrogens with zero attached hydrogens (tertiary/aromatic N) is 2. The van der Waals surface area contributed by atoms with Crippen LogP contribution in [-0.4, -0.2) is 35.6 Å². The molecule has 0 fully saturated rings. The lowest BCUT2D eigenvalue weighted by atomic mass is 10.3. The summed E-state index contributed by atoms with van der Waals surface area (Å²) in [4.78, 5) is 25.0. The van der Waals surface area contributed by atoms with Crippen LogP contribution in [0.1, 0.15) is 0 Å². The van der Waals surface area contributed by atoms with E-state index in [1.165, 1.54) is 39.8 Å². The van der Waals surface area contributed by atoms with Crippen LogP contribution in [0, 0.1) is 5.82 Å². The highest BCUT2D eigenvalue weighted by Crippen LogP contribution is 2.10. The van der Waals surface area contributed by atoms with Gasteiger partial charge in [0, 0.05) is 19.3 Å². The molecule has 2 rings (SSSR count). The molecule has 0 bridgehead atoms. The van der Waals surface area contributed by atoms with Crippen LogP contribution in [0.15, 0.2) is 53.5 Å². The van der Waals surface area contributed by atoms with Gasteiger partial charge >= 0.3 is 0 Å². The van der Waals surface area contributed by atoms with E-state index in [2.05, 4.69) is 0 Å². The Balaban J connectivity index is 1.80. The summed E-state index contributed by atoms with van der Waals surface area (Å²) in [5, 5.41) is 0. The van der Waals surface area contributed by atoms with E-state index in [0.717, 1.165) is 0 Å². The van der Waals surface area contributed by atoms with E-state index < -0.39 is 0 Å². The first kappa shape index (κ1) is 15.8. The summed E-state index contributed by atoms with van der Waals surface area (Å²) in [7, 11) is 1.64. The molecule has 0 aliphatic carbocycles. The molecule has 116 valence electrons. The predicted molar refractivity (Wildman–Crippen MR) is 80.2 cm³/mol. The number of hydrogen-bond acceptors (Lipinski definition) is 3. The van der Waals surface area contributed by atoms with Crippen LogP contribution in [0.2, 0.25) is 0 Å². The lowest BCUT2D eigenvalue weighted by Gasteiger charge is -2.18. The number of hydrogen-bond donors (Lipinski definition) is 0. The zero-order valence-corrected chi connectivity index (χ0v) is 12.2. The number of carbonyl (C=O) groups is 1. The highest BCUT2D eigenvalue weighted by atomic mass is 19.1. The number of benzene rings is 1. The average Bonchev–Trinajstić information content (AvgIpc) is 2.51. The Morgan fingerprint density at radius 2 is 1.95 bits per heavy atom. The number of carbonyl (C=O) groups excluding carboxylic acids is 1. The van der Waals surface area contributed by atoms with Crippen molar-refractivity contribution < 1.29 is 13.9 Å². The molecule has 1 amide bonds. The highest BCUT2D eigenvalue weighted by Gasteiger charge is 2.10. The maximum atomic E-state index is 12.7. The first-order valence-electron chi connectivity index (χ1n) is 6.84. The Labute approximate surface area is 127 Å². The molecule has 1 aromatic heterocycles. The van der Waals surface area contributed by atoms with Crippen molar-refractivity contribution in [3.05, 3.63) is 64.8 Å². The minimum absolute atomic E-state index is 0.00722. The first-order chi connectivity index (χ1) is 10.6. The van der Waals surface area contributed by atoms with E-state index in [-0.39, 0.29) is 30.4 Å². The van der Waals surface area contributed by atoms with Gasteiger partial charge in [-0.05, 0) is 30.3 Å². The zero-order chi connectivity index (χ0) is 15.9. The normalized spacial score (nSPS) is 10.3. The summed E-state index contributed by atoms with van der Waals surface area (Å²) < 4.78 is 19.5. The van der Waals surface area contributed by atoms with Crippen LogP contribution in [0.4, 0.5) is 4.39 Å². The largest absolute Gasteiger partial charge is 0.492 e. The topological polar surface area (TPSA) is 51.5 Å².